The Morgan fingerprint density at radius 2 is 2.00 bits per heavy atom. The summed E-state index contributed by atoms with van der Waals surface area (Å²) in [5, 5.41) is 13.0. The Bertz CT molecular complexity index is 941. The lowest BCUT2D eigenvalue weighted by Gasteiger charge is -2.22. The summed E-state index contributed by atoms with van der Waals surface area (Å²) in [5.41, 5.74) is 3.07. The number of carbonyl (C=O) groups is 1. The van der Waals surface area contributed by atoms with Gasteiger partial charge in [-0.1, -0.05) is 39.3 Å². The molecule has 1 amide bonds. The van der Waals surface area contributed by atoms with Gasteiger partial charge in [0, 0.05) is 45.5 Å². The fourth-order valence-corrected chi connectivity index (χ4v) is 3.43. The highest BCUT2D eigenvalue weighted by molar-refractivity contribution is 5.78. The van der Waals surface area contributed by atoms with E-state index in [1.54, 1.807) is 12.5 Å². The van der Waals surface area contributed by atoms with Gasteiger partial charge in [-0.25, -0.2) is 14.5 Å². The van der Waals surface area contributed by atoms with E-state index < -0.39 is 0 Å². The van der Waals surface area contributed by atoms with E-state index in [1.807, 2.05) is 59.6 Å². The molecule has 8 heteroatoms. The fourth-order valence-electron chi connectivity index (χ4n) is 3.43. The summed E-state index contributed by atoms with van der Waals surface area (Å²) in [5.74, 6) is 1.12. The molecule has 8 nitrogen and oxygen atoms in total. The molecule has 4 rings (SSSR count). The molecule has 0 atom stereocenters. The monoisotopic (exact) mass is 440 g/mol. The van der Waals surface area contributed by atoms with Crippen LogP contribution in [0.25, 0.3) is 5.65 Å². The first-order valence-corrected chi connectivity index (χ1v) is 11.4. The maximum atomic E-state index is 11.5. The van der Waals surface area contributed by atoms with Crippen molar-refractivity contribution in [2.75, 3.05) is 31.6 Å². The number of rotatable bonds is 7. The standard InChI is InChI=1S/C13H19N3O2.C9H11N3.C2H6/c1-15(7-8-16-6-2-3-13(16)18)12-5-4-11(10-17)9-14-12;1-2-4-8-5-3-6-12-9(8)10-7-11-12;1-2/h4-5,9,17H,2-3,6-8,10H2,1H3;3,5-7H,2,4H2,1H3;1-2H3. The molecule has 1 aliphatic rings. The Balaban J connectivity index is 0.000000224. The molecule has 3 aromatic heterocycles. The van der Waals surface area contributed by atoms with Crippen LogP contribution < -0.4 is 4.90 Å². The lowest BCUT2D eigenvalue weighted by Crippen LogP contribution is -2.34. The van der Waals surface area contributed by atoms with Gasteiger partial charge in [0.25, 0.3) is 0 Å². The van der Waals surface area contributed by atoms with E-state index in [9.17, 15) is 4.79 Å². The second-order valence-corrected chi connectivity index (χ2v) is 7.40. The van der Waals surface area contributed by atoms with Crippen LogP contribution >= 0.6 is 0 Å². The van der Waals surface area contributed by atoms with E-state index in [0.717, 1.165) is 55.9 Å². The molecule has 1 aliphatic heterocycles. The SMILES string of the molecule is CC.CCCc1cccn2ncnc12.CN(CCN1CCCC1=O)c1ccc(CO)cn1. The molecule has 0 bridgehead atoms. The molecule has 0 radical (unpaired) electrons. The topological polar surface area (TPSA) is 86.9 Å². The molecule has 1 saturated heterocycles. The molecule has 174 valence electrons. The van der Waals surface area contributed by atoms with Gasteiger partial charge < -0.3 is 14.9 Å². The Morgan fingerprint density at radius 3 is 2.62 bits per heavy atom. The number of likely N-dealkylation sites (N-methyl/N-ethyl adjacent to an activating group) is 1. The molecular formula is C24H36N6O2. The van der Waals surface area contributed by atoms with E-state index in [4.69, 9.17) is 5.11 Å². The van der Waals surface area contributed by atoms with Crippen molar-refractivity contribution in [2.45, 2.75) is 53.1 Å². The quantitative estimate of drug-likeness (QED) is 0.606. The number of pyridine rings is 2. The maximum absolute atomic E-state index is 11.5. The molecule has 1 fully saturated rings. The first-order valence-electron chi connectivity index (χ1n) is 11.4. The van der Waals surface area contributed by atoms with Crippen molar-refractivity contribution >= 4 is 17.4 Å². The number of aryl methyl sites for hydroxylation is 1. The number of amides is 1. The number of anilines is 1. The normalized spacial score (nSPS) is 12.8. The van der Waals surface area contributed by atoms with Gasteiger partial charge in [0.05, 0.1) is 6.61 Å². The molecule has 0 unspecified atom stereocenters. The number of carbonyl (C=O) groups excluding carboxylic acids is 1. The fraction of sp³-hybridized carbons (Fsp3) is 0.500. The highest BCUT2D eigenvalue weighted by Gasteiger charge is 2.19. The van der Waals surface area contributed by atoms with E-state index >= 15 is 0 Å². The summed E-state index contributed by atoms with van der Waals surface area (Å²) in [6.45, 7) is 8.58. The number of fused-ring (bicyclic) bond motifs is 1. The van der Waals surface area contributed by atoms with E-state index in [-0.39, 0.29) is 12.5 Å². The van der Waals surface area contributed by atoms with E-state index in [2.05, 4.69) is 28.1 Å². The molecular weight excluding hydrogens is 404 g/mol. The van der Waals surface area contributed by atoms with Crippen molar-refractivity contribution in [3.63, 3.8) is 0 Å². The van der Waals surface area contributed by atoms with E-state index in [1.165, 1.54) is 5.56 Å². The largest absolute Gasteiger partial charge is 0.392 e. The van der Waals surface area contributed by atoms with Gasteiger partial charge >= 0.3 is 0 Å². The average molecular weight is 441 g/mol. The third kappa shape index (κ3) is 7.02. The molecule has 1 N–H and O–H groups in total. The van der Waals surface area contributed by atoms with Crippen molar-refractivity contribution in [1.29, 1.82) is 0 Å². The Labute approximate surface area is 190 Å². The molecule has 0 aliphatic carbocycles. The molecule has 0 aromatic carbocycles. The minimum absolute atomic E-state index is 0.0132. The van der Waals surface area contributed by atoms with Crippen molar-refractivity contribution in [3.05, 3.63) is 54.1 Å². The maximum Gasteiger partial charge on any atom is 0.222 e. The molecule has 0 saturated carbocycles. The Kier molecular flexibility index (Phi) is 10.6. The molecule has 0 spiro atoms. The van der Waals surface area contributed by atoms with Crippen LogP contribution in [0, 0.1) is 0 Å². The number of nitrogens with zero attached hydrogens (tertiary/aromatic N) is 6. The van der Waals surface area contributed by atoms with Gasteiger partial charge in [-0.15, -0.1) is 0 Å². The second-order valence-electron chi connectivity index (χ2n) is 7.40. The van der Waals surface area contributed by atoms with Crippen LogP contribution in [0.1, 0.15) is 51.2 Å². The van der Waals surface area contributed by atoms with Crippen LogP contribution in [0.2, 0.25) is 0 Å². The lowest BCUT2D eigenvalue weighted by molar-refractivity contribution is -0.127. The van der Waals surface area contributed by atoms with Crippen LogP contribution in [0.3, 0.4) is 0 Å². The highest BCUT2D eigenvalue weighted by Crippen LogP contribution is 2.12. The number of likely N-dealkylation sites (tertiary alicyclic amines) is 1. The van der Waals surface area contributed by atoms with Crippen molar-refractivity contribution < 1.29 is 9.90 Å². The van der Waals surface area contributed by atoms with Crippen LogP contribution in [-0.4, -0.2) is 62.2 Å². The van der Waals surface area contributed by atoms with Gasteiger partial charge in [-0.2, -0.15) is 5.10 Å². The number of hydrogen-bond donors (Lipinski definition) is 1. The summed E-state index contributed by atoms with van der Waals surface area (Å²) in [6, 6.07) is 7.86. The molecule has 32 heavy (non-hydrogen) atoms. The van der Waals surface area contributed by atoms with Crippen LogP contribution in [-0.2, 0) is 17.8 Å². The summed E-state index contributed by atoms with van der Waals surface area (Å²) < 4.78 is 1.81. The zero-order valence-electron chi connectivity index (χ0n) is 19.7. The number of hydrogen-bond acceptors (Lipinski definition) is 6. The minimum atomic E-state index is 0.0132. The summed E-state index contributed by atoms with van der Waals surface area (Å²) >= 11 is 0. The zero-order chi connectivity index (χ0) is 23.3. The van der Waals surface area contributed by atoms with Gasteiger partial charge in [0.15, 0.2) is 5.65 Å². The number of aromatic nitrogens is 4. The minimum Gasteiger partial charge on any atom is -0.392 e. The second kappa shape index (κ2) is 13.4. The van der Waals surface area contributed by atoms with Gasteiger partial charge in [-0.05, 0) is 36.1 Å². The zero-order valence-corrected chi connectivity index (χ0v) is 19.7. The predicted molar refractivity (Wildman–Crippen MR) is 128 cm³/mol. The summed E-state index contributed by atoms with van der Waals surface area (Å²) in [6.07, 6.45) is 9.07. The first kappa shape index (κ1) is 25.3. The number of aliphatic hydroxyl groups is 1. The van der Waals surface area contributed by atoms with Crippen molar-refractivity contribution in [2.24, 2.45) is 0 Å². The average Bonchev–Trinajstić information content (AvgIpc) is 3.49. The van der Waals surface area contributed by atoms with Gasteiger partial charge in [0.2, 0.25) is 5.91 Å². The molecule has 3 aromatic rings. The van der Waals surface area contributed by atoms with Crippen molar-refractivity contribution in [1.82, 2.24) is 24.5 Å². The van der Waals surface area contributed by atoms with Crippen LogP contribution in [0.4, 0.5) is 5.82 Å². The third-order valence-electron chi connectivity index (χ3n) is 5.16. The summed E-state index contributed by atoms with van der Waals surface area (Å²) in [4.78, 5) is 23.9. The van der Waals surface area contributed by atoms with Gasteiger partial charge in [0.1, 0.15) is 12.1 Å². The molecule has 4 heterocycles. The Hall–Kier alpha value is -3.00. The van der Waals surface area contributed by atoms with Gasteiger partial charge in [-0.3, -0.25) is 4.79 Å². The highest BCUT2D eigenvalue weighted by atomic mass is 16.3. The predicted octanol–water partition coefficient (Wildman–Crippen LogP) is 3.34. The van der Waals surface area contributed by atoms with Crippen molar-refractivity contribution in [3.8, 4) is 0 Å². The Morgan fingerprint density at radius 1 is 1.19 bits per heavy atom. The third-order valence-corrected chi connectivity index (χ3v) is 5.16. The lowest BCUT2D eigenvalue weighted by atomic mass is 10.2. The van der Waals surface area contributed by atoms with Crippen LogP contribution in [0.5, 0.6) is 0 Å². The smallest absolute Gasteiger partial charge is 0.222 e. The number of aliphatic hydroxyl groups excluding tert-OH is 1. The van der Waals surface area contributed by atoms with E-state index in [0.29, 0.717) is 6.42 Å². The summed E-state index contributed by atoms with van der Waals surface area (Å²) in [7, 11) is 1.96. The first-order chi connectivity index (χ1) is 15.6. The van der Waals surface area contributed by atoms with Crippen LogP contribution in [0.15, 0.2) is 43.0 Å².